The van der Waals surface area contributed by atoms with Crippen LogP contribution in [0.3, 0.4) is 0 Å². The largest absolute Gasteiger partial charge is 0.478 e. The lowest BCUT2D eigenvalue weighted by Crippen LogP contribution is -2.36. The van der Waals surface area contributed by atoms with E-state index in [9.17, 15) is 18.8 Å². The zero-order valence-electron chi connectivity index (χ0n) is 9.07. The molecule has 1 rings (SSSR count). The Morgan fingerprint density at radius 1 is 1.33 bits per heavy atom. The van der Waals surface area contributed by atoms with Gasteiger partial charge in [-0.1, -0.05) is 6.07 Å². The average molecular weight is 255 g/mol. The van der Waals surface area contributed by atoms with Gasteiger partial charge in [-0.25, -0.2) is 14.0 Å². The molecule has 0 spiro atoms. The van der Waals surface area contributed by atoms with E-state index in [0.717, 1.165) is 12.1 Å². The Labute approximate surface area is 101 Å². The first kappa shape index (κ1) is 13.4. The molecular formula is C10H10FN3O4. The first-order valence-corrected chi connectivity index (χ1v) is 4.76. The third kappa shape index (κ3) is 3.44. The van der Waals surface area contributed by atoms with Gasteiger partial charge >= 0.3 is 12.0 Å². The fourth-order valence-electron chi connectivity index (χ4n) is 1.15. The number of hydrogen-bond acceptors (Lipinski definition) is 3. The van der Waals surface area contributed by atoms with Crippen LogP contribution in [0.2, 0.25) is 0 Å². The summed E-state index contributed by atoms with van der Waals surface area (Å²) in [5, 5.41) is 12.9. The number of carboxylic acid groups (broad SMARTS) is 1. The van der Waals surface area contributed by atoms with Crippen molar-refractivity contribution in [2.75, 3.05) is 11.9 Å². The van der Waals surface area contributed by atoms with Crippen LogP contribution in [0.4, 0.5) is 14.9 Å². The molecule has 18 heavy (non-hydrogen) atoms. The number of nitrogens with one attached hydrogen (secondary N) is 2. The number of primary amides is 1. The highest BCUT2D eigenvalue weighted by Crippen LogP contribution is 2.19. The van der Waals surface area contributed by atoms with Gasteiger partial charge in [0.1, 0.15) is 5.82 Å². The van der Waals surface area contributed by atoms with Crippen molar-refractivity contribution in [3.8, 4) is 0 Å². The molecule has 0 saturated carbocycles. The number of hydrogen-bond donors (Lipinski definition) is 4. The molecule has 0 unspecified atom stereocenters. The maximum Gasteiger partial charge on any atom is 0.337 e. The van der Waals surface area contributed by atoms with Crippen LogP contribution in [-0.4, -0.2) is 29.6 Å². The number of carboxylic acids is 1. The predicted octanol–water partition coefficient (Wildman–Crippen LogP) is 0.131. The fourth-order valence-corrected chi connectivity index (χ4v) is 1.15. The Morgan fingerprint density at radius 2 is 2.00 bits per heavy atom. The third-order valence-electron chi connectivity index (χ3n) is 1.91. The van der Waals surface area contributed by atoms with Crippen molar-refractivity contribution in [1.29, 1.82) is 0 Å². The first-order chi connectivity index (χ1) is 8.41. The lowest BCUT2D eigenvalue weighted by Gasteiger charge is -2.09. The summed E-state index contributed by atoms with van der Waals surface area (Å²) in [6.07, 6.45) is 0. The number of para-hydroxylation sites is 1. The van der Waals surface area contributed by atoms with Crippen LogP contribution in [0, 0.1) is 5.82 Å². The van der Waals surface area contributed by atoms with Gasteiger partial charge in [0, 0.05) is 0 Å². The third-order valence-corrected chi connectivity index (χ3v) is 1.91. The van der Waals surface area contributed by atoms with Crippen molar-refractivity contribution in [1.82, 2.24) is 5.32 Å². The van der Waals surface area contributed by atoms with Gasteiger partial charge in [-0.3, -0.25) is 4.79 Å². The SMILES string of the molecule is NC(=O)CNC(=O)Nc1c(F)cccc1C(=O)O. The molecule has 0 radical (unpaired) electrons. The van der Waals surface area contributed by atoms with Crippen LogP contribution >= 0.6 is 0 Å². The molecular weight excluding hydrogens is 245 g/mol. The lowest BCUT2D eigenvalue weighted by molar-refractivity contribution is -0.117. The van der Waals surface area contributed by atoms with E-state index in [0.29, 0.717) is 0 Å². The topological polar surface area (TPSA) is 122 Å². The molecule has 1 aromatic carbocycles. The number of nitrogens with two attached hydrogens (primary N) is 1. The lowest BCUT2D eigenvalue weighted by atomic mass is 10.1. The van der Waals surface area contributed by atoms with E-state index in [4.69, 9.17) is 10.8 Å². The second kappa shape index (κ2) is 5.62. The molecule has 0 fully saturated rings. The summed E-state index contributed by atoms with van der Waals surface area (Å²) in [4.78, 5) is 32.5. The van der Waals surface area contributed by atoms with E-state index in [1.54, 1.807) is 0 Å². The van der Waals surface area contributed by atoms with Gasteiger partial charge in [0.05, 0.1) is 17.8 Å². The summed E-state index contributed by atoms with van der Waals surface area (Å²) < 4.78 is 13.4. The van der Waals surface area contributed by atoms with Crippen LogP contribution in [0.5, 0.6) is 0 Å². The minimum Gasteiger partial charge on any atom is -0.478 e. The number of halogens is 1. The maximum atomic E-state index is 13.4. The normalized spacial score (nSPS) is 9.61. The minimum atomic E-state index is -1.39. The van der Waals surface area contributed by atoms with E-state index < -0.39 is 41.5 Å². The number of amides is 3. The van der Waals surface area contributed by atoms with Crippen LogP contribution in [0.1, 0.15) is 10.4 Å². The number of carbonyl (C=O) groups excluding carboxylic acids is 2. The fraction of sp³-hybridized carbons (Fsp3) is 0.100. The molecule has 0 aliphatic rings. The predicted molar refractivity (Wildman–Crippen MR) is 59.6 cm³/mol. The summed E-state index contributed by atoms with van der Waals surface area (Å²) in [7, 11) is 0. The monoisotopic (exact) mass is 255 g/mol. The first-order valence-electron chi connectivity index (χ1n) is 4.76. The maximum absolute atomic E-state index is 13.4. The smallest absolute Gasteiger partial charge is 0.337 e. The summed E-state index contributed by atoms with van der Waals surface area (Å²) in [6.45, 7) is -0.442. The van der Waals surface area contributed by atoms with Crippen molar-refractivity contribution in [3.63, 3.8) is 0 Å². The number of urea groups is 1. The molecule has 96 valence electrons. The molecule has 0 aliphatic heterocycles. The second-order valence-corrected chi connectivity index (χ2v) is 3.24. The quantitative estimate of drug-likeness (QED) is 0.610. The highest BCUT2D eigenvalue weighted by atomic mass is 19.1. The van der Waals surface area contributed by atoms with Gasteiger partial charge in [-0.2, -0.15) is 0 Å². The number of benzene rings is 1. The van der Waals surface area contributed by atoms with Gasteiger partial charge in [0.2, 0.25) is 5.91 Å². The summed E-state index contributed by atoms with van der Waals surface area (Å²) >= 11 is 0. The Bertz CT molecular complexity index is 504. The molecule has 0 aromatic heterocycles. The van der Waals surface area contributed by atoms with E-state index in [-0.39, 0.29) is 0 Å². The molecule has 0 saturated heterocycles. The zero-order valence-corrected chi connectivity index (χ0v) is 9.07. The Balaban J connectivity index is 2.86. The van der Waals surface area contributed by atoms with Crippen molar-refractivity contribution in [3.05, 3.63) is 29.6 Å². The number of rotatable bonds is 4. The van der Waals surface area contributed by atoms with Crippen LogP contribution in [0.25, 0.3) is 0 Å². The van der Waals surface area contributed by atoms with Crippen molar-refractivity contribution >= 4 is 23.6 Å². The number of aromatic carboxylic acids is 1. The summed E-state index contributed by atoms with van der Waals surface area (Å²) in [5.41, 5.74) is 3.91. The van der Waals surface area contributed by atoms with Gasteiger partial charge in [-0.15, -0.1) is 0 Å². The van der Waals surface area contributed by atoms with Crippen molar-refractivity contribution in [2.45, 2.75) is 0 Å². The van der Waals surface area contributed by atoms with Crippen LogP contribution in [-0.2, 0) is 4.79 Å². The Morgan fingerprint density at radius 3 is 2.56 bits per heavy atom. The van der Waals surface area contributed by atoms with Gasteiger partial charge < -0.3 is 21.5 Å². The van der Waals surface area contributed by atoms with E-state index >= 15 is 0 Å². The highest BCUT2D eigenvalue weighted by molar-refractivity contribution is 6.00. The minimum absolute atomic E-state index is 0.399. The summed E-state index contributed by atoms with van der Waals surface area (Å²) in [5.74, 6) is -3.07. The molecule has 0 heterocycles. The van der Waals surface area contributed by atoms with Gasteiger partial charge in [-0.05, 0) is 12.1 Å². The average Bonchev–Trinajstić information content (AvgIpc) is 2.28. The molecule has 5 N–H and O–H groups in total. The molecule has 0 bridgehead atoms. The van der Waals surface area contributed by atoms with E-state index in [1.165, 1.54) is 6.07 Å². The molecule has 3 amide bonds. The molecule has 0 atom stereocenters. The van der Waals surface area contributed by atoms with E-state index in [1.807, 2.05) is 10.6 Å². The van der Waals surface area contributed by atoms with Crippen LogP contribution < -0.4 is 16.4 Å². The molecule has 7 nitrogen and oxygen atoms in total. The Hall–Kier alpha value is -2.64. The summed E-state index contributed by atoms with van der Waals surface area (Å²) in [6, 6.07) is 2.40. The number of anilines is 1. The second-order valence-electron chi connectivity index (χ2n) is 3.24. The van der Waals surface area contributed by atoms with E-state index in [2.05, 4.69) is 0 Å². The Kier molecular flexibility index (Phi) is 4.19. The standard InChI is InChI=1S/C10H10FN3O4/c11-6-3-1-2-5(9(16)17)8(6)14-10(18)13-4-7(12)15/h1-3H,4H2,(H2,12,15)(H,16,17)(H2,13,14,18). The van der Waals surface area contributed by atoms with Crippen molar-refractivity contribution in [2.24, 2.45) is 5.73 Å². The zero-order chi connectivity index (χ0) is 13.7. The van der Waals surface area contributed by atoms with Crippen LogP contribution in [0.15, 0.2) is 18.2 Å². The van der Waals surface area contributed by atoms with Gasteiger partial charge in [0.25, 0.3) is 0 Å². The molecule has 0 aliphatic carbocycles. The number of carbonyl (C=O) groups is 3. The highest BCUT2D eigenvalue weighted by Gasteiger charge is 2.16. The van der Waals surface area contributed by atoms with Crippen molar-refractivity contribution < 1.29 is 23.9 Å². The molecule has 1 aromatic rings. The van der Waals surface area contributed by atoms with Gasteiger partial charge in [0.15, 0.2) is 0 Å². The molecule has 8 heteroatoms.